The van der Waals surface area contributed by atoms with Crippen molar-refractivity contribution in [2.75, 3.05) is 39.9 Å². The molecule has 2 atom stereocenters. The molecule has 2 N–H and O–H groups in total. The van der Waals surface area contributed by atoms with Crippen molar-refractivity contribution in [1.29, 1.82) is 0 Å². The van der Waals surface area contributed by atoms with Crippen LogP contribution in [0.4, 0.5) is 0 Å². The molecule has 1 fully saturated rings. The van der Waals surface area contributed by atoms with Gasteiger partial charge in [0.25, 0.3) is 0 Å². The number of ether oxygens (including phenoxy) is 2. The largest absolute Gasteiger partial charge is 0.497 e. The Bertz CT molecular complexity index is 786. The highest BCUT2D eigenvalue weighted by Gasteiger charge is 2.25. The highest BCUT2D eigenvalue weighted by atomic mass is 127. The van der Waals surface area contributed by atoms with Gasteiger partial charge >= 0.3 is 0 Å². The van der Waals surface area contributed by atoms with E-state index in [1.54, 1.807) is 7.11 Å². The van der Waals surface area contributed by atoms with Crippen molar-refractivity contribution < 1.29 is 14.6 Å². The average molecular weight is 539 g/mol. The minimum Gasteiger partial charge on any atom is -0.497 e. The number of likely N-dealkylation sites (tertiary alicyclic amines) is 1. The van der Waals surface area contributed by atoms with Gasteiger partial charge in [-0.1, -0.05) is 42.5 Å². The van der Waals surface area contributed by atoms with Crippen molar-refractivity contribution in [2.45, 2.75) is 26.1 Å². The van der Waals surface area contributed by atoms with Crippen molar-refractivity contribution in [3.05, 3.63) is 65.7 Å². The van der Waals surface area contributed by atoms with E-state index in [1.165, 1.54) is 5.56 Å². The summed E-state index contributed by atoms with van der Waals surface area (Å²) in [6, 6.07) is 17.7. The molecule has 0 bridgehead atoms. The van der Waals surface area contributed by atoms with Gasteiger partial charge in [0.2, 0.25) is 0 Å². The third-order valence-electron chi connectivity index (χ3n) is 5.30. The number of hydrogen-bond acceptors (Lipinski definition) is 4. The zero-order valence-electron chi connectivity index (χ0n) is 18.4. The predicted molar refractivity (Wildman–Crippen MR) is 135 cm³/mol. The van der Waals surface area contributed by atoms with Gasteiger partial charge in [0, 0.05) is 25.6 Å². The lowest BCUT2D eigenvalue weighted by Gasteiger charge is -2.22. The van der Waals surface area contributed by atoms with Crippen LogP contribution in [0.15, 0.2) is 59.6 Å². The maximum atomic E-state index is 10.5. The Kier molecular flexibility index (Phi) is 11.1. The van der Waals surface area contributed by atoms with Crippen LogP contribution in [0.25, 0.3) is 0 Å². The monoisotopic (exact) mass is 539 g/mol. The van der Waals surface area contributed by atoms with Gasteiger partial charge in [0.1, 0.15) is 5.75 Å². The highest BCUT2D eigenvalue weighted by molar-refractivity contribution is 14.0. The molecule has 31 heavy (non-hydrogen) atoms. The molecule has 0 amide bonds. The van der Waals surface area contributed by atoms with Gasteiger partial charge in [-0.15, -0.1) is 24.0 Å². The van der Waals surface area contributed by atoms with Crippen molar-refractivity contribution in [1.82, 2.24) is 10.2 Å². The van der Waals surface area contributed by atoms with E-state index in [1.807, 2.05) is 42.5 Å². The summed E-state index contributed by atoms with van der Waals surface area (Å²) in [6.07, 6.45) is 0.442. The Morgan fingerprint density at radius 2 is 1.94 bits per heavy atom. The van der Waals surface area contributed by atoms with Gasteiger partial charge in [-0.25, -0.2) is 0 Å². The molecular formula is C24H34IN3O3. The summed E-state index contributed by atoms with van der Waals surface area (Å²) >= 11 is 0. The third-order valence-corrected chi connectivity index (χ3v) is 5.30. The van der Waals surface area contributed by atoms with Crippen molar-refractivity contribution in [3.63, 3.8) is 0 Å². The topological polar surface area (TPSA) is 66.3 Å². The van der Waals surface area contributed by atoms with E-state index in [9.17, 15) is 5.11 Å². The number of rotatable bonds is 9. The zero-order chi connectivity index (χ0) is 21.2. The van der Waals surface area contributed by atoms with Crippen LogP contribution in [0, 0.1) is 5.92 Å². The first-order chi connectivity index (χ1) is 14.7. The number of aliphatic imine (C=N–C) groups is 1. The lowest BCUT2D eigenvalue weighted by molar-refractivity contribution is 0.0906. The molecule has 0 spiro atoms. The molecule has 6 nitrogen and oxygen atoms in total. The fourth-order valence-electron chi connectivity index (χ4n) is 3.61. The molecule has 1 aliphatic rings. The molecule has 2 aromatic carbocycles. The quantitative estimate of drug-likeness (QED) is 0.288. The van der Waals surface area contributed by atoms with Crippen LogP contribution < -0.4 is 10.1 Å². The maximum absolute atomic E-state index is 10.5. The number of aliphatic hydroxyl groups excluding tert-OH is 1. The summed E-state index contributed by atoms with van der Waals surface area (Å²) in [4.78, 5) is 6.95. The summed E-state index contributed by atoms with van der Waals surface area (Å²) in [7, 11) is 1.63. The van der Waals surface area contributed by atoms with Gasteiger partial charge in [-0.05, 0) is 36.6 Å². The second-order valence-corrected chi connectivity index (χ2v) is 7.59. The van der Waals surface area contributed by atoms with Gasteiger partial charge in [0.05, 0.1) is 33.0 Å². The second kappa shape index (κ2) is 13.5. The lowest BCUT2D eigenvalue weighted by Crippen LogP contribution is -2.40. The number of guanidine groups is 1. The molecule has 1 aliphatic heterocycles. The molecule has 2 unspecified atom stereocenters. The molecule has 1 heterocycles. The Balaban J connectivity index is 0.00000341. The first-order valence-corrected chi connectivity index (χ1v) is 10.7. The van der Waals surface area contributed by atoms with Crippen LogP contribution in [0.3, 0.4) is 0 Å². The van der Waals surface area contributed by atoms with Crippen LogP contribution in [0.1, 0.15) is 30.6 Å². The summed E-state index contributed by atoms with van der Waals surface area (Å²) in [5.74, 6) is 2.13. The average Bonchev–Trinajstić information content (AvgIpc) is 3.26. The van der Waals surface area contributed by atoms with Gasteiger partial charge < -0.3 is 24.8 Å². The standard InChI is InChI=1S/C24H33N3O3.HI/c1-3-25-24(26-15-23(28)21-9-11-22(29-2)12-10-21)27-14-13-20(16-27)18-30-17-19-7-5-4-6-8-19;/h4-12,20,23,28H,3,13-18H2,1-2H3,(H,25,26);1H. The van der Waals surface area contributed by atoms with E-state index in [0.29, 0.717) is 19.1 Å². The maximum Gasteiger partial charge on any atom is 0.194 e. The molecule has 0 aromatic heterocycles. The van der Waals surface area contributed by atoms with E-state index < -0.39 is 6.10 Å². The molecule has 0 aliphatic carbocycles. The molecule has 0 saturated carbocycles. The zero-order valence-corrected chi connectivity index (χ0v) is 20.7. The van der Waals surface area contributed by atoms with E-state index in [-0.39, 0.29) is 24.0 Å². The number of hydrogen-bond donors (Lipinski definition) is 2. The summed E-state index contributed by atoms with van der Waals surface area (Å²) in [6.45, 7) is 6.44. The van der Waals surface area contributed by atoms with Crippen LogP contribution >= 0.6 is 24.0 Å². The van der Waals surface area contributed by atoms with Crippen molar-refractivity contribution in [2.24, 2.45) is 10.9 Å². The van der Waals surface area contributed by atoms with E-state index in [4.69, 9.17) is 9.47 Å². The Hall–Kier alpha value is -1.84. The normalized spacial score (nSPS) is 17.2. The molecular weight excluding hydrogens is 505 g/mol. The number of halogens is 1. The Labute approximate surface area is 202 Å². The Morgan fingerprint density at radius 1 is 1.19 bits per heavy atom. The van der Waals surface area contributed by atoms with Gasteiger partial charge in [-0.2, -0.15) is 0 Å². The van der Waals surface area contributed by atoms with E-state index in [0.717, 1.165) is 49.9 Å². The molecule has 1 saturated heterocycles. The van der Waals surface area contributed by atoms with E-state index >= 15 is 0 Å². The van der Waals surface area contributed by atoms with Crippen LogP contribution in [-0.4, -0.2) is 55.9 Å². The third kappa shape index (κ3) is 7.97. The van der Waals surface area contributed by atoms with Crippen LogP contribution in [0.2, 0.25) is 0 Å². The first-order valence-electron chi connectivity index (χ1n) is 10.7. The second-order valence-electron chi connectivity index (χ2n) is 7.59. The molecule has 0 radical (unpaired) electrons. The van der Waals surface area contributed by atoms with Crippen molar-refractivity contribution in [3.8, 4) is 5.75 Å². The van der Waals surface area contributed by atoms with Gasteiger partial charge in [-0.3, -0.25) is 4.99 Å². The molecule has 3 rings (SSSR count). The smallest absolute Gasteiger partial charge is 0.194 e. The SMILES string of the molecule is CCNC(=NCC(O)c1ccc(OC)cc1)N1CCC(COCc2ccccc2)C1.I. The minimum atomic E-state index is -0.642. The van der Waals surface area contributed by atoms with Crippen molar-refractivity contribution >= 4 is 29.9 Å². The molecule has 7 heteroatoms. The molecule has 2 aromatic rings. The number of aliphatic hydroxyl groups is 1. The summed E-state index contributed by atoms with van der Waals surface area (Å²) in [5, 5.41) is 13.9. The predicted octanol–water partition coefficient (Wildman–Crippen LogP) is 3.85. The van der Waals surface area contributed by atoms with E-state index in [2.05, 4.69) is 34.3 Å². The van der Waals surface area contributed by atoms with Gasteiger partial charge in [0.15, 0.2) is 5.96 Å². The van der Waals surface area contributed by atoms with Crippen LogP contribution in [-0.2, 0) is 11.3 Å². The lowest BCUT2D eigenvalue weighted by atomic mass is 10.1. The number of nitrogens with zero attached hydrogens (tertiary/aromatic N) is 2. The van der Waals surface area contributed by atoms with Crippen LogP contribution in [0.5, 0.6) is 5.75 Å². The fraction of sp³-hybridized carbons (Fsp3) is 0.458. The fourth-order valence-corrected chi connectivity index (χ4v) is 3.61. The first kappa shape index (κ1) is 25.4. The Morgan fingerprint density at radius 3 is 2.61 bits per heavy atom. The molecule has 170 valence electrons. The summed E-state index contributed by atoms with van der Waals surface area (Å²) in [5.41, 5.74) is 2.04. The minimum absolute atomic E-state index is 0. The number of methoxy groups -OCH3 is 1. The highest BCUT2D eigenvalue weighted by Crippen LogP contribution is 2.20. The summed E-state index contributed by atoms with van der Waals surface area (Å²) < 4.78 is 11.1. The number of benzene rings is 2. The number of nitrogens with one attached hydrogen (secondary N) is 1.